The molecule has 0 radical (unpaired) electrons. The Morgan fingerprint density at radius 3 is 2.41 bits per heavy atom. The lowest BCUT2D eigenvalue weighted by Crippen LogP contribution is -2.17. The fourth-order valence-electron chi connectivity index (χ4n) is 3.02. The molecule has 0 heterocycles. The van der Waals surface area contributed by atoms with Gasteiger partial charge >= 0.3 is 0 Å². The van der Waals surface area contributed by atoms with E-state index in [0.717, 1.165) is 5.69 Å². The monoisotopic (exact) mass is 223 g/mol. The van der Waals surface area contributed by atoms with Gasteiger partial charge in [0, 0.05) is 11.1 Å². The molecule has 1 nitrogen and oxygen atoms in total. The molecule has 1 heteroatoms. The Labute approximate surface area is 102 Å². The first kappa shape index (κ1) is 10.4. The maximum Gasteiger partial charge on any atom is 0.0391 e. The van der Waals surface area contributed by atoms with Gasteiger partial charge in [0.15, 0.2) is 0 Å². The van der Waals surface area contributed by atoms with Crippen molar-refractivity contribution < 1.29 is 0 Å². The summed E-state index contributed by atoms with van der Waals surface area (Å²) >= 11 is 0. The van der Waals surface area contributed by atoms with E-state index < -0.39 is 0 Å². The minimum atomic E-state index is 0.0159. The van der Waals surface area contributed by atoms with Gasteiger partial charge < -0.3 is 5.73 Å². The van der Waals surface area contributed by atoms with Crippen LogP contribution in [0.3, 0.4) is 0 Å². The fourth-order valence-corrected chi connectivity index (χ4v) is 3.02. The molecular formula is C16H17N. The molecule has 2 N–H and O–H groups in total. The lowest BCUT2D eigenvalue weighted by Gasteiger charge is -2.23. The third kappa shape index (κ3) is 1.20. The van der Waals surface area contributed by atoms with E-state index >= 15 is 0 Å². The molecule has 86 valence electrons. The molecule has 0 bridgehead atoms. The van der Waals surface area contributed by atoms with Crippen LogP contribution in [0.5, 0.6) is 0 Å². The minimum Gasteiger partial charge on any atom is -0.398 e. The van der Waals surface area contributed by atoms with Crippen LogP contribution in [0.2, 0.25) is 0 Å². The highest BCUT2D eigenvalue weighted by Crippen LogP contribution is 2.51. The number of anilines is 1. The smallest absolute Gasteiger partial charge is 0.0391 e. The summed E-state index contributed by atoms with van der Waals surface area (Å²) in [5.74, 6) is 0. The second-order valence-electron chi connectivity index (χ2n) is 5.39. The lowest BCUT2D eigenvalue weighted by molar-refractivity contribution is 0.662. The van der Waals surface area contributed by atoms with Gasteiger partial charge in [0.05, 0.1) is 0 Å². The van der Waals surface area contributed by atoms with E-state index in [2.05, 4.69) is 57.2 Å². The first-order valence-electron chi connectivity index (χ1n) is 6.03. The molecule has 0 spiro atoms. The van der Waals surface area contributed by atoms with Gasteiger partial charge in [0.25, 0.3) is 0 Å². The summed E-state index contributed by atoms with van der Waals surface area (Å²) in [6, 6.07) is 12.9. The van der Waals surface area contributed by atoms with Crippen molar-refractivity contribution in [3.63, 3.8) is 0 Å². The van der Waals surface area contributed by atoms with E-state index in [9.17, 15) is 0 Å². The lowest BCUT2D eigenvalue weighted by atomic mass is 9.81. The average molecular weight is 223 g/mol. The van der Waals surface area contributed by atoms with Crippen molar-refractivity contribution in [1.82, 2.24) is 0 Å². The number of benzene rings is 2. The van der Waals surface area contributed by atoms with Crippen molar-refractivity contribution in [2.75, 3.05) is 5.73 Å². The summed E-state index contributed by atoms with van der Waals surface area (Å²) < 4.78 is 0. The van der Waals surface area contributed by atoms with Crippen LogP contribution in [0.15, 0.2) is 36.4 Å². The summed E-state index contributed by atoms with van der Waals surface area (Å²) in [6.07, 6.45) is 0. The molecule has 17 heavy (non-hydrogen) atoms. The van der Waals surface area contributed by atoms with E-state index in [1.807, 2.05) is 0 Å². The molecule has 1 aliphatic rings. The van der Waals surface area contributed by atoms with Crippen molar-refractivity contribution in [3.8, 4) is 11.1 Å². The second-order valence-corrected chi connectivity index (χ2v) is 5.39. The molecule has 0 atom stereocenters. The Hall–Kier alpha value is -1.76. The van der Waals surface area contributed by atoms with E-state index in [-0.39, 0.29) is 5.41 Å². The quantitative estimate of drug-likeness (QED) is 0.674. The summed E-state index contributed by atoms with van der Waals surface area (Å²) in [5, 5.41) is 0. The number of aryl methyl sites for hydroxylation is 1. The zero-order valence-corrected chi connectivity index (χ0v) is 10.5. The first-order valence-corrected chi connectivity index (χ1v) is 6.03. The topological polar surface area (TPSA) is 26.0 Å². The van der Waals surface area contributed by atoms with Crippen molar-refractivity contribution in [1.29, 1.82) is 0 Å². The van der Waals surface area contributed by atoms with Gasteiger partial charge in [-0.05, 0) is 34.7 Å². The van der Waals surface area contributed by atoms with E-state index in [0.29, 0.717) is 0 Å². The van der Waals surface area contributed by atoms with Crippen molar-refractivity contribution in [2.45, 2.75) is 26.2 Å². The number of hydrogen-bond donors (Lipinski definition) is 1. The van der Waals surface area contributed by atoms with Gasteiger partial charge in [-0.3, -0.25) is 0 Å². The Kier molecular flexibility index (Phi) is 1.91. The fraction of sp³-hybridized carbons (Fsp3) is 0.250. The highest BCUT2D eigenvalue weighted by Gasteiger charge is 2.36. The maximum absolute atomic E-state index is 6.29. The number of hydrogen-bond acceptors (Lipinski definition) is 1. The van der Waals surface area contributed by atoms with Gasteiger partial charge in [0.1, 0.15) is 0 Å². The summed E-state index contributed by atoms with van der Waals surface area (Å²) in [6.45, 7) is 6.59. The number of rotatable bonds is 0. The SMILES string of the molecule is Cc1ccc2c(c1N)C(C)(C)c1ccccc1-2. The Morgan fingerprint density at radius 2 is 1.65 bits per heavy atom. The summed E-state index contributed by atoms with van der Waals surface area (Å²) in [4.78, 5) is 0. The zero-order valence-electron chi connectivity index (χ0n) is 10.5. The van der Waals surface area contributed by atoms with Crippen LogP contribution in [0.4, 0.5) is 5.69 Å². The second kappa shape index (κ2) is 3.13. The molecule has 1 aliphatic carbocycles. The molecule has 2 aromatic rings. The predicted molar refractivity (Wildman–Crippen MR) is 73.2 cm³/mol. The number of fused-ring (bicyclic) bond motifs is 3. The van der Waals surface area contributed by atoms with E-state index in [1.54, 1.807) is 0 Å². The van der Waals surface area contributed by atoms with Gasteiger partial charge in [-0.1, -0.05) is 50.2 Å². The highest BCUT2D eigenvalue weighted by molar-refractivity contribution is 5.86. The third-order valence-corrected chi connectivity index (χ3v) is 3.98. The van der Waals surface area contributed by atoms with Crippen molar-refractivity contribution >= 4 is 5.69 Å². The molecule has 0 fully saturated rings. The molecule has 0 unspecified atom stereocenters. The minimum absolute atomic E-state index is 0.0159. The van der Waals surface area contributed by atoms with Crippen LogP contribution in [-0.2, 0) is 5.41 Å². The van der Waals surface area contributed by atoms with Gasteiger partial charge in [-0.15, -0.1) is 0 Å². The molecule has 0 saturated carbocycles. The molecule has 2 aromatic carbocycles. The number of nitrogens with two attached hydrogens (primary N) is 1. The molecule has 0 aromatic heterocycles. The van der Waals surface area contributed by atoms with Crippen molar-refractivity contribution in [2.24, 2.45) is 0 Å². The van der Waals surface area contributed by atoms with Crippen LogP contribution >= 0.6 is 0 Å². The molecule has 0 saturated heterocycles. The Balaban J connectivity index is 2.44. The van der Waals surface area contributed by atoms with Crippen LogP contribution in [0.25, 0.3) is 11.1 Å². The number of nitrogen functional groups attached to an aromatic ring is 1. The van der Waals surface area contributed by atoms with E-state index in [1.165, 1.54) is 27.8 Å². The summed E-state index contributed by atoms with van der Waals surface area (Å²) in [5.41, 5.74) is 13.7. The van der Waals surface area contributed by atoms with E-state index in [4.69, 9.17) is 5.73 Å². The van der Waals surface area contributed by atoms with Crippen LogP contribution in [0, 0.1) is 6.92 Å². The Bertz CT molecular complexity index is 609. The van der Waals surface area contributed by atoms with Gasteiger partial charge in [0.2, 0.25) is 0 Å². The largest absolute Gasteiger partial charge is 0.398 e. The first-order chi connectivity index (χ1) is 8.03. The summed E-state index contributed by atoms with van der Waals surface area (Å²) in [7, 11) is 0. The van der Waals surface area contributed by atoms with Crippen LogP contribution in [0.1, 0.15) is 30.5 Å². The predicted octanol–water partition coefficient (Wildman–Crippen LogP) is 3.88. The Morgan fingerprint density at radius 1 is 0.941 bits per heavy atom. The molecular weight excluding hydrogens is 206 g/mol. The average Bonchev–Trinajstić information content (AvgIpc) is 2.54. The normalized spacial score (nSPS) is 15.5. The van der Waals surface area contributed by atoms with Crippen LogP contribution in [-0.4, -0.2) is 0 Å². The molecule has 0 aliphatic heterocycles. The van der Waals surface area contributed by atoms with Gasteiger partial charge in [-0.2, -0.15) is 0 Å². The molecule has 0 amide bonds. The maximum atomic E-state index is 6.29. The van der Waals surface area contributed by atoms with Crippen molar-refractivity contribution in [3.05, 3.63) is 53.1 Å². The molecule has 3 rings (SSSR count). The zero-order chi connectivity index (χ0) is 12.2. The highest BCUT2D eigenvalue weighted by atomic mass is 14.6. The van der Waals surface area contributed by atoms with Gasteiger partial charge in [-0.25, -0.2) is 0 Å². The van der Waals surface area contributed by atoms with Crippen LogP contribution < -0.4 is 5.73 Å². The third-order valence-electron chi connectivity index (χ3n) is 3.98. The standard InChI is InChI=1S/C16H17N/c1-10-8-9-12-11-6-4-5-7-13(11)16(2,3)14(12)15(10)17/h4-9H,17H2,1-3H3.